The van der Waals surface area contributed by atoms with Gasteiger partial charge in [0.2, 0.25) is 0 Å². The number of carboxylic acids is 1. The van der Waals surface area contributed by atoms with Crippen LogP contribution in [0.1, 0.15) is 5.56 Å². The summed E-state index contributed by atoms with van der Waals surface area (Å²) in [7, 11) is 1.45. The van der Waals surface area contributed by atoms with Crippen LogP contribution in [0.3, 0.4) is 0 Å². The summed E-state index contributed by atoms with van der Waals surface area (Å²) in [6, 6.07) is 4.72. The maximum atomic E-state index is 10.3. The molecule has 0 aliphatic carbocycles. The van der Waals surface area contributed by atoms with Crippen LogP contribution in [0.15, 0.2) is 24.3 Å². The molecule has 0 spiro atoms. The van der Waals surface area contributed by atoms with E-state index in [1.165, 1.54) is 19.3 Å². The van der Waals surface area contributed by atoms with Crippen LogP contribution in [0.5, 0.6) is 11.5 Å². The molecule has 0 aliphatic rings. The van der Waals surface area contributed by atoms with E-state index in [0.717, 1.165) is 6.08 Å². The number of hydrogen-bond donors (Lipinski definition) is 2. The molecule has 0 heterocycles. The summed E-state index contributed by atoms with van der Waals surface area (Å²) < 4.78 is 4.95. The summed E-state index contributed by atoms with van der Waals surface area (Å²) in [6.45, 7) is 0. The molecule has 74 valence electrons. The maximum Gasteiger partial charge on any atom is 0.328 e. The normalized spacial score (nSPS) is 10.4. The van der Waals surface area contributed by atoms with Gasteiger partial charge in [-0.3, -0.25) is 0 Å². The van der Waals surface area contributed by atoms with E-state index in [1.54, 1.807) is 12.1 Å². The predicted molar refractivity (Wildman–Crippen MR) is 51.3 cm³/mol. The van der Waals surface area contributed by atoms with Crippen LogP contribution in [0, 0.1) is 0 Å². The van der Waals surface area contributed by atoms with Gasteiger partial charge in [-0.25, -0.2) is 4.79 Å². The minimum Gasteiger partial charge on any atom is -0.507 e. The van der Waals surface area contributed by atoms with Gasteiger partial charge in [-0.15, -0.1) is 0 Å². The summed E-state index contributed by atoms with van der Waals surface area (Å²) >= 11 is 0. The fraction of sp³-hybridized carbons (Fsp3) is 0.100. The summed E-state index contributed by atoms with van der Waals surface area (Å²) in [5, 5.41) is 17.8. The summed E-state index contributed by atoms with van der Waals surface area (Å²) in [5.74, 6) is -0.653. The van der Waals surface area contributed by atoms with E-state index in [9.17, 15) is 9.90 Å². The van der Waals surface area contributed by atoms with Crippen LogP contribution in [-0.2, 0) is 4.79 Å². The van der Waals surface area contributed by atoms with Crippen molar-refractivity contribution in [3.05, 3.63) is 29.8 Å². The summed E-state index contributed by atoms with van der Waals surface area (Å²) in [5.41, 5.74) is 0.359. The largest absolute Gasteiger partial charge is 0.507 e. The number of rotatable bonds is 3. The third-order valence-corrected chi connectivity index (χ3v) is 1.66. The Bertz CT molecular complexity index is 368. The lowest BCUT2D eigenvalue weighted by atomic mass is 10.1. The van der Waals surface area contributed by atoms with Gasteiger partial charge in [0.1, 0.15) is 11.5 Å². The molecule has 0 aromatic heterocycles. The smallest absolute Gasteiger partial charge is 0.328 e. The fourth-order valence-electron chi connectivity index (χ4n) is 1.03. The maximum absolute atomic E-state index is 10.3. The van der Waals surface area contributed by atoms with Crippen LogP contribution < -0.4 is 4.74 Å². The highest BCUT2D eigenvalue weighted by molar-refractivity contribution is 5.86. The van der Waals surface area contributed by atoms with E-state index in [4.69, 9.17) is 9.84 Å². The molecule has 2 N–H and O–H groups in total. The van der Waals surface area contributed by atoms with Crippen molar-refractivity contribution in [3.63, 3.8) is 0 Å². The number of aliphatic carboxylic acids is 1. The molecule has 0 atom stereocenters. The molecule has 14 heavy (non-hydrogen) atoms. The van der Waals surface area contributed by atoms with E-state index in [0.29, 0.717) is 11.3 Å². The van der Waals surface area contributed by atoms with Gasteiger partial charge in [-0.1, -0.05) is 6.07 Å². The Labute approximate surface area is 81.1 Å². The molecular weight excluding hydrogens is 184 g/mol. The highest BCUT2D eigenvalue weighted by Gasteiger charge is 2.04. The Balaban J connectivity index is 3.11. The van der Waals surface area contributed by atoms with Crippen LogP contribution in [0.2, 0.25) is 0 Å². The highest BCUT2D eigenvalue weighted by Crippen LogP contribution is 2.28. The topological polar surface area (TPSA) is 66.8 Å². The fourth-order valence-corrected chi connectivity index (χ4v) is 1.03. The SMILES string of the molecule is COc1cccc(O)c1/C=C\C(=O)O. The molecule has 0 amide bonds. The average Bonchev–Trinajstić information content (AvgIpc) is 2.15. The number of methoxy groups -OCH3 is 1. The molecule has 0 aliphatic heterocycles. The Morgan fingerprint density at radius 1 is 1.50 bits per heavy atom. The molecule has 0 fully saturated rings. The van der Waals surface area contributed by atoms with Crippen molar-refractivity contribution >= 4 is 12.0 Å². The Hall–Kier alpha value is -1.97. The second kappa shape index (κ2) is 4.32. The monoisotopic (exact) mass is 194 g/mol. The first kappa shape index (κ1) is 10.1. The number of aromatic hydroxyl groups is 1. The summed E-state index contributed by atoms with van der Waals surface area (Å²) in [6.07, 6.45) is 2.23. The van der Waals surface area contributed by atoms with Crippen LogP contribution >= 0.6 is 0 Å². The third-order valence-electron chi connectivity index (χ3n) is 1.66. The molecule has 0 bridgehead atoms. The molecule has 1 aromatic rings. The van der Waals surface area contributed by atoms with Gasteiger partial charge in [0, 0.05) is 6.08 Å². The number of phenolic OH excluding ortho intramolecular Hbond substituents is 1. The lowest BCUT2D eigenvalue weighted by Crippen LogP contribution is -1.89. The number of phenols is 1. The van der Waals surface area contributed by atoms with Gasteiger partial charge in [-0.2, -0.15) is 0 Å². The average molecular weight is 194 g/mol. The van der Waals surface area contributed by atoms with Crippen LogP contribution in [0.25, 0.3) is 6.08 Å². The molecule has 0 radical (unpaired) electrons. The van der Waals surface area contributed by atoms with Crippen molar-refractivity contribution < 1.29 is 19.7 Å². The Morgan fingerprint density at radius 2 is 2.21 bits per heavy atom. The summed E-state index contributed by atoms with van der Waals surface area (Å²) in [4.78, 5) is 10.3. The quantitative estimate of drug-likeness (QED) is 0.715. The van der Waals surface area contributed by atoms with E-state index in [1.807, 2.05) is 0 Å². The Kier molecular flexibility index (Phi) is 3.12. The minimum absolute atomic E-state index is 0.0122. The molecule has 0 unspecified atom stereocenters. The first-order valence-electron chi connectivity index (χ1n) is 3.92. The molecule has 4 nitrogen and oxygen atoms in total. The second-order valence-electron chi connectivity index (χ2n) is 2.56. The molecule has 4 heteroatoms. The van der Waals surface area contributed by atoms with Gasteiger partial charge in [-0.05, 0) is 18.2 Å². The Morgan fingerprint density at radius 3 is 2.79 bits per heavy atom. The standard InChI is InChI=1S/C10H10O4/c1-14-9-4-2-3-8(11)7(9)5-6-10(12)13/h2-6,11H,1H3,(H,12,13)/b6-5-. The zero-order valence-electron chi connectivity index (χ0n) is 7.60. The van der Waals surface area contributed by atoms with Crippen LogP contribution in [-0.4, -0.2) is 23.3 Å². The first-order valence-corrected chi connectivity index (χ1v) is 3.92. The molecule has 1 aromatic carbocycles. The van der Waals surface area contributed by atoms with E-state index < -0.39 is 5.97 Å². The van der Waals surface area contributed by atoms with E-state index in [-0.39, 0.29) is 5.75 Å². The highest BCUT2D eigenvalue weighted by atomic mass is 16.5. The molecule has 0 saturated carbocycles. The van der Waals surface area contributed by atoms with Gasteiger partial charge < -0.3 is 14.9 Å². The number of hydrogen-bond acceptors (Lipinski definition) is 3. The van der Waals surface area contributed by atoms with Crippen LogP contribution in [0.4, 0.5) is 0 Å². The van der Waals surface area contributed by atoms with E-state index in [2.05, 4.69) is 0 Å². The van der Waals surface area contributed by atoms with Crippen molar-refractivity contribution in [3.8, 4) is 11.5 Å². The van der Waals surface area contributed by atoms with E-state index >= 15 is 0 Å². The van der Waals surface area contributed by atoms with Crippen molar-refractivity contribution in [2.75, 3.05) is 7.11 Å². The number of ether oxygens (including phenoxy) is 1. The first-order chi connectivity index (χ1) is 6.65. The van der Waals surface area contributed by atoms with Gasteiger partial charge in [0.05, 0.1) is 12.7 Å². The van der Waals surface area contributed by atoms with Crippen molar-refractivity contribution in [1.82, 2.24) is 0 Å². The predicted octanol–water partition coefficient (Wildman–Crippen LogP) is 1.50. The molecule has 0 saturated heterocycles. The third kappa shape index (κ3) is 2.26. The number of carboxylic acid groups (broad SMARTS) is 1. The second-order valence-corrected chi connectivity index (χ2v) is 2.56. The van der Waals surface area contributed by atoms with Crippen molar-refractivity contribution in [1.29, 1.82) is 0 Å². The number of benzene rings is 1. The van der Waals surface area contributed by atoms with Crippen molar-refractivity contribution in [2.45, 2.75) is 0 Å². The zero-order chi connectivity index (χ0) is 10.6. The minimum atomic E-state index is -1.07. The number of carbonyl (C=O) groups is 1. The van der Waals surface area contributed by atoms with Gasteiger partial charge in [0.25, 0.3) is 0 Å². The van der Waals surface area contributed by atoms with Gasteiger partial charge >= 0.3 is 5.97 Å². The van der Waals surface area contributed by atoms with Gasteiger partial charge in [0.15, 0.2) is 0 Å². The lowest BCUT2D eigenvalue weighted by Gasteiger charge is -2.05. The molecule has 1 rings (SSSR count). The zero-order valence-corrected chi connectivity index (χ0v) is 7.60. The molecular formula is C10H10O4. The van der Waals surface area contributed by atoms with Crippen molar-refractivity contribution in [2.24, 2.45) is 0 Å². The lowest BCUT2D eigenvalue weighted by molar-refractivity contribution is -0.131.